The Morgan fingerprint density at radius 3 is 2.27 bits per heavy atom. The van der Waals surface area contributed by atoms with Gasteiger partial charge in [0.15, 0.2) is 0 Å². The minimum Gasteiger partial charge on any atom is -0.368 e. The molecule has 37 heavy (non-hydrogen) atoms. The van der Waals surface area contributed by atoms with Crippen LogP contribution >= 0.6 is 15.9 Å². The summed E-state index contributed by atoms with van der Waals surface area (Å²) in [6.07, 6.45) is 1.82. The van der Waals surface area contributed by atoms with E-state index < -0.39 is 0 Å². The van der Waals surface area contributed by atoms with Crippen molar-refractivity contribution in [1.82, 2.24) is 19.4 Å². The van der Waals surface area contributed by atoms with Gasteiger partial charge in [-0.05, 0) is 68.4 Å². The van der Waals surface area contributed by atoms with Crippen molar-refractivity contribution in [3.63, 3.8) is 0 Å². The second-order valence-electron chi connectivity index (χ2n) is 10.0. The zero-order valence-electron chi connectivity index (χ0n) is 21.0. The van der Waals surface area contributed by atoms with Crippen LogP contribution in [0.2, 0.25) is 0 Å². The van der Waals surface area contributed by atoms with Gasteiger partial charge in [0.1, 0.15) is 5.82 Å². The lowest BCUT2D eigenvalue weighted by atomic mass is 9.95. The number of aromatic nitrogens is 2. The number of piperidine rings is 1. The number of hydrogen-bond acceptors (Lipinski definition) is 4. The average Bonchev–Trinajstić information content (AvgIpc) is 3.31. The van der Waals surface area contributed by atoms with Crippen LogP contribution in [0.3, 0.4) is 0 Å². The van der Waals surface area contributed by atoms with Crippen LogP contribution in [-0.2, 0) is 11.3 Å². The monoisotopic (exact) mass is 557 g/mol. The number of carbonyl (C=O) groups excluding carboxylic acids is 1. The first-order valence-corrected chi connectivity index (χ1v) is 14.0. The van der Waals surface area contributed by atoms with Crippen LogP contribution < -0.4 is 4.90 Å². The Morgan fingerprint density at radius 1 is 0.811 bits per heavy atom. The number of benzene rings is 3. The Labute approximate surface area is 226 Å². The summed E-state index contributed by atoms with van der Waals surface area (Å²) in [5.74, 6) is 1.51. The maximum absolute atomic E-state index is 13.3. The molecule has 190 valence electrons. The quantitative estimate of drug-likeness (QED) is 0.332. The van der Waals surface area contributed by atoms with E-state index in [1.54, 1.807) is 0 Å². The van der Waals surface area contributed by atoms with E-state index in [9.17, 15) is 4.79 Å². The molecule has 4 aromatic rings. The van der Waals surface area contributed by atoms with Gasteiger partial charge in [-0.15, -0.1) is 0 Å². The van der Waals surface area contributed by atoms with Crippen LogP contribution in [0.4, 0.5) is 5.69 Å². The number of halogens is 1. The normalized spacial score (nSPS) is 17.4. The second-order valence-corrected chi connectivity index (χ2v) is 10.9. The van der Waals surface area contributed by atoms with E-state index in [1.165, 1.54) is 5.69 Å². The van der Waals surface area contributed by atoms with Crippen LogP contribution in [0.25, 0.3) is 16.7 Å². The van der Waals surface area contributed by atoms with Crippen LogP contribution in [-0.4, -0.2) is 64.5 Å². The molecule has 7 heteroatoms. The third-order valence-electron chi connectivity index (χ3n) is 7.71. The highest BCUT2D eigenvalue weighted by atomic mass is 79.9. The summed E-state index contributed by atoms with van der Waals surface area (Å²) in [5, 5.41) is 0. The molecule has 3 heterocycles. The maximum Gasteiger partial charge on any atom is 0.225 e. The van der Waals surface area contributed by atoms with Crippen molar-refractivity contribution in [1.29, 1.82) is 0 Å². The molecule has 0 bridgehead atoms. The van der Waals surface area contributed by atoms with Gasteiger partial charge in [-0.25, -0.2) is 4.98 Å². The van der Waals surface area contributed by atoms with Crippen molar-refractivity contribution < 1.29 is 4.79 Å². The summed E-state index contributed by atoms with van der Waals surface area (Å²) in [6, 6.07) is 27.2. The molecule has 0 aliphatic carbocycles. The number of likely N-dealkylation sites (tertiary alicyclic amines) is 1. The van der Waals surface area contributed by atoms with Gasteiger partial charge in [-0.3, -0.25) is 14.3 Å². The fourth-order valence-corrected chi connectivity index (χ4v) is 6.09. The molecule has 0 unspecified atom stereocenters. The molecule has 2 aliphatic rings. The van der Waals surface area contributed by atoms with Crippen LogP contribution in [0, 0.1) is 5.92 Å². The van der Waals surface area contributed by atoms with E-state index in [2.05, 4.69) is 95.9 Å². The van der Waals surface area contributed by atoms with Crippen LogP contribution in [0.5, 0.6) is 0 Å². The minimum atomic E-state index is 0.128. The highest BCUT2D eigenvalue weighted by molar-refractivity contribution is 9.10. The number of piperazine rings is 1. The van der Waals surface area contributed by atoms with Crippen LogP contribution in [0.1, 0.15) is 18.7 Å². The summed E-state index contributed by atoms with van der Waals surface area (Å²) >= 11 is 3.62. The molecular weight excluding hydrogens is 526 g/mol. The van der Waals surface area contributed by atoms with Gasteiger partial charge in [-0.2, -0.15) is 0 Å². The van der Waals surface area contributed by atoms with E-state index in [0.717, 1.165) is 85.7 Å². The lowest BCUT2D eigenvalue weighted by Crippen LogP contribution is -2.51. The molecule has 0 N–H and O–H groups in total. The number of rotatable bonds is 5. The van der Waals surface area contributed by atoms with Gasteiger partial charge in [0.05, 0.1) is 17.6 Å². The summed E-state index contributed by atoms with van der Waals surface area (Å²) in [5.41, 5.74) is 4.49. The Balaban J connectivity index is 1.09. The fourth-order valence-electron chi connectivity index (χ4n) is 5.71. The lowest BCUT2D eigenvalue weighted by Gasteiger charge is -2.39. The molecule has 6 nitrogen and oxygen atoms in total. The first-order valence-electron chi connectivity index (χ1n) is 13.2. The molecule has 0 radical (unpaired) electrons. The van der Waals surface area contributed by atoms with Crippen molar-refractivity contribution in [2.75, 3.05) is 44.2 Å². The zero-order chi connectivity index (χ0) is 25.2. The Kier molecular flexibility index (Phi) is 6.98. The molecule has 6 rings (SSSR count). The number of anilines is 1. The van der Waals surface area contributed by atoms with Gasteiger partial charge >= 0.3 is 0 Å². The van der Waals surface area contributed by atoms with Gasteiger partial charge < -0.3 is 9.80 Å². The SMILES string of the molecule is O=C(C1CCN(Cc2nc3ccccc3n2-c2cccc(Br)c2)CC1)N1CCN(c2ccccc2)CC1. The zero-order valence-corrected chi connectivity index (χ0v) is 22.6. The molecular formula is C30H32BrN5O. The van der Waals surface area contributed by atoms with Gasteiger partial charge in [-0.1, -0.05) is 52.3 Å². The van der Waals surface area contributed by atoms with E-state index >= 15 is 0 Å². The van der Waals surface area contributed by atoms with Crippen molar-refractivity contribution in [3.05, 3.63) is 89.2 Å². The molecule has 0 saturated carbocycles. The number of amides is 1. The summed E-state index contributed by atoms with van der Waals surface area (Å²) < 4.78 is 3.32. The second kappa shape index (κ2) is 10.7. The van der Waals surface area contributed by atoms with Crippen molar-refractivity contribution in [2.24, 2.45) is 5.92 Å². The highest BCUT2D eigenvalue weighted by Crippen LogP contribution is 2.27. The fraction of sp³-hybridized carbons (Fsp3) is 0.333. The molecule has 2 fully saturated rings. The number of fused-ring (bicyclic) bond motifs is 1. The summed E-state index contributed by atoms with van der Waals surface area (Å²) in [4.78, 5) is 25.2. The predicted molar refractivity (Wildman–Crippen MR) is 152 cm³/mol. The largest absolute Gasteiger partial charge is 0.368 e. The predicted octanol–water partition coefficient (Wildman–Crippen LogP) is 5.35. The van der Waals surface area contributed by atoms with Crippen LogP contribution in [0.15, 0.2) is 83.3 Å². The molecule has 0 spiro atoms. The van der Waals surface area contributed by atoms with E-state index in [0.29, 0.717) is 5.91 Å². The van der Waals surface area contributed by atoms with Gasteiger partial charge in [0.25, 0.3) is 0 Å². The molecule has 3 aromatic carbocycles. The Bertz CT molecular complexity index is 1370. The molecule has 2 aliphatic heterocycles. The minimum absolute atomic E-state index is 0.128. The van der Waals surface area contributed by atoms with Gasteiger partial charge in [0, 0.05) is 47.9 Å². The molecule has 2 saturated heterocycles. The van der Waals surface area contributed by atoms with Gasteiger partial charge in [0.2, 0.25) is 5.91 Å². The first kappa shape index (κ1) is 24.2. The highest BCUT2D eigenvalue weighted by Gasteiger charge is 2.31. The van der Waals surface area contributed by atoms with E-state index in [-0.39, 0.29) is 5.92 Å². The van der Waals surface area contributed by atoms with E-state index in [1.807, 2.05) is 18.2 Å². The van der Waals surface area contributed by atoms with Crippen molar-refractivity contribution >= 4 is 38.6 Å². The van der Waals surface area contributed by atoms with Crippen molar-refractivity contribution in [2.45, 2.75) is 19.4 Å². The topological polar surface area (TPSA) is 44.6 Å². The Hall–Kier alpha value is -3.16. The number of para-hydroxylation sites is 3. The molecule has 1 amide bonds. The van der Waals surface area contributed by atoms with E-state index in [4.69, 9.17) is 4.98 Å². The number of hydrogen-bond donors (Lipinski definition) is 0. The number of imidazole rings is 1. The molecule has 1 aromatic heterocycles. The molecule has 0 atom stereocenters. The maximum atomic E-state index is 13.3. The smallest absolute Gasteiger partial charge is 0.225 e. The average molecular weight is 559 g/mol. The third kappa shape index (κ3) is 5.15. The first-order chi connectivity index (χ1) is 18.2. The third-order valence-corrected chi connectivity index (χ3v) is 8.20. The standard InChI is InChI=1S/C30H32BrN5O/c31-24-7-6-10-26(21-24)36-28-12-5-4-11-27(28)32-29(36)22-33-15-13-23(14-16-33)30(37)35-19-17-34(18-20-35)25-8-2-1-3-9-25/h1-12,21,23H,13-20,22H2. The summed E-state index contributed by atoms with van der Waals surface area (Å²) in [7, 11) is 0. The lowest BCUT2D eigenvalue weighted by molar-refractivity contribution is -0.137. The van der Waals surface area contributed by atoms with Crippen molar-refractivity contribution in [3.8, 4) is 5.69 Å². The summed E-state index contributed by atoms with van der Waals surface area (Å²) in [6.45, 7) is 6.04. The number of nitrogens with zero attached hydrogens (tertiary/aromatic N) is 5. The number of carbonyl (C=O) groups is 1. The Morgan fingerprint density at radius 2 is 1.51 bits per heavy atom.